The average Bonchev–Trinajstić information content (AvgIpc) is 2.64. The Morgan fingerprint density at radius 1 is 1.69 bits per heavy atom. The van der Waals surface area contributed by atoms with Gasteiger partial charge in [0.2, 0.25) is 0 Å². The zero-order valence-corrected chi connectivity index (χ0v) is 10.0. The summed E-state index contributed by atoms with van der Waals surface area (Å²) in [7, 11) is 1.86. The van der Waals surface area contributed by atoms with Crippen LogP contribution in [0, 0.1) is 0 Å². The molecule has 0 aliphatic rings. The van der Waals surface area contributed by atoms with Crippen LogP contribution < -0.4 is 9.67 Å². The van der Waals surface area contributed by atoms with Crippen LogP contribution in [0.4, 0.5) is 0 Å². The molecule has 0 aliphatic heterocycles. The van der Waals surface area contributed by atoms with E-state index < -0.39 is 0 Å². The van der Waals surface area contributed by atoms with Gasteiger partial charge in [0.05, 0.1) is 26.0 Å². The second kappa shape index (κ2) is 6.10. The molecule has 4 heteroatoms. The van der Waals surface area contributed by atoms with Crippen LogP contribution in [-0.4, -0.2) is 17.0 Å². The lowest BCUT2D eigenvalue weighted by Gasteiger charge is -2.08. The number of hydrogen-bond acceptors (Lipinski definition) is 2. The van der Waals surface area contributed by atoms with Gasteiger partial charge in [0.25, 0.3) is 5.82 Å². The van der Waals surface area contributed by atoms with Crippen LogP contribution in [-0.2, 0) is 13.6 Å². The summed E-state index contributed by atoms with van der Waals surface area (Å²) >= 11 is 0. The first-order valence-electron chi connectivity index (χ1n) is 5.58. The SMILES string of the molecule is C=CCN=C([O-])c1n(CCCC)cc[n+]1C. The highest BCUT2D eigenvalue weighted by Gasteiger charge is 2.13. The molecule has 1 aromatic heterocycles. The van der Waals surface area contributed by atoms with Crippen molar-refractivity contribution in [1.82, 2.24) is 4.57 Å². The normalized spacial score (nSPS) is 11.8. The molecule has 0 saturated carbocycles. The molecule has 0 atom stereocenters. The number of unbranched alkanes of at least 4 members (excludes halogenated alkanes) is 1. The number of aryl methyl sites for hydroxylation is 2. The largest absolute Gasteiger partial charge is 0.853 e. The summed E-state index contributed by atoms with van der Waals surface area (Å²) in [6, 6.07) is 0. The van der Waals surface area contributed by atoms with Gasteiger partial charge in [-0.3, -0.25) is 4.99 Å². The van der Waals surface area contributed by atoms with E-state index in [-0.39, 0.29) is 5.90 Å². The highest BCUT2D eigenvalue weighted by molar-refractivity contribution is 5.85. The van der Waals surface area contributed by atoms with Crippen LogP contribution >= 0.6 is 0 Å². The summed E-state index contributed by atoms with van der Waals surface area (Å²) < 4.78 is 3.77. The molecule has 1 rings (SSSR count). The van der Waals surface area contributed by atoms with Gasteiger partial charge in [0.1, 0.15) is 12.4 Å². The number of aliphatic imine (C=N–C) groups is 1. The third-order valence-electron chi connectivity index (χ3n) is 2.38. The van der Waals surface area contributed by atoms with Crippen LogP contribution in [0.15, 0.2) is 30.0 Å². The van der Waals surface area contributed by atoms with Gasteiger partial charge in [-0.15, -0.1) is 6.58 Å². The second-order valence-corrected chi connectivity index (χ2v) is 3.71. The van der Waals surface area contributed by atoms with Gasteiger partial charge in [-0.1, -0.05) is 19.4 Å². The number of rotatable bonds is 6. The molecular weight excluding hydrogens is 202 g/mol. The van der Waals surface area contributed by atoms with E-state index in [9.17, 15) is 5.11 Å². The predicted octanol–water partition coefficient (Wildman–Crippen LogP) is 0.406. The molecule has 1 heterocycles. The molecule has 0 aliphatic carbocycles. The Labute approximate surface area is 96.6 Å². The van der Waals surface area contributed by atoms with Crippen molar-refractivity contribution in [1.29, 1.82) is 0 Å². The highest BCUT2D eigenvalue weighted by atomic mass is 16.3. The molecule has 1 aromatic rings. The first kappa shape index (κ1) is 12.5. The lowest BCUT2D eigenvalue weighted by Crippen LogP contribution is -2.40. The molecule has 88 valence electrons. The smallest absolute Gasteiger partial charge is 0.291 e. The summed E-state index contributed by atoms with van der Waals surface area (Å²) in [6.07, 6.45) is 7.60. The molecule has 0 bridgehead atoms. The summed E-state index contributed by atoms with van der Waals surface area (Å²) in [5, 5.41) is 11.8. The van der Waals surface area contributed by atoms with E-state index in [1.807, 2.05) is 28.6 Å². The van der Waals surface area contributed by atoms with Crippen molar-refractivity contribution in [3.8, 4) is 0 Å². The van der Waals surface area contributed by atoms with Crippen molar-refractivity contribution in [3.63, 3.8) is 0 Å². The van der Waals surface area contributed by atoms with Crippen molar-refractivity contribution in [2.45, 2.75) is 26.3 Å². The van der Waals surface area contributed by atoms with E-state index >= 15 is 0 Å². The van der Waals surface area contributed by atoms with E-state index in [0.717, 1.165) is 19.4 Å². The number of aromatic nitrogens is 2. The molecule has 16 heavy (non-hydrogen) atoms. The van der Waals surface area contributed by atoms with Gasteiger partial charge < -0.3 is 5.11 Å². The highest BCUT2D eigenvalue weighted by Crippen LogP contribution is 1.99. The molecular formula is C12H19N3O. The van der Waals surface area contributed by atoms with Crippen LogP contribution in [0.25, 0.3) is 0 Å². The van der Waals surface area contributed by atoms with Crippen LogP contribution in [0.3, 0.4) is 0 Å². The maximum atomic E-state index is 11.8. The Hall–Kier alpha value is -1.58. The lowest BCUT2D eigenvalue weighted by atomic mass is 10.3. The summed E-state index contributed by atoms with van der Waals surface area (Å²) in [5.74, 6) is 0.457. The van der Waals surface area contributed by atoms with Crippen LogP contribution in [0.2, 0.25) is 0 Å². The van der Waals surface area contributed by atoms with Crippen LogP contribution in [0.1, 0.15) is 25.6 Å². The van der Waals surface area contributed by atoms with E-state index in [1.165, 1.54) is 0 Å². The Bertz CT molecular complexity index is 380. The molecule has 4 nitrogen and oxygen atoms in total. The first-order valence-corrected chi connectivity index (χ1v) is 5.58. The minimum absolute atomic E-state index is 0.177. The molecule has 0 unspecified atom stereocenters. The predicted molar refractivity (Wildman–Crippen MR) is 62.1 cm³/mol. The third-order valence-corrected chi connectivity index (χ3v) is 2.38. The standard InChI is InChI=1S/C12H19N3O/c1-4-6-8-15-10-9-14(3)12(15)11(16)13-7-5-2/h5,9-10H,2,4,6-8H2,1,3H3. The molecule has 0 radical (unpaired) electrons. The fourth-order valence-electron chi connectivity index (χ4n) is 1.53. The van der Waals surface area contributed by atoms with Crippen LogP contribution in [0.5, 0.6) is 0 Å². The van der Waals surface area contributed by atoms with Gasteiger partial charge in [-0.05, 0) is 6.42 Å². The zero-order chi connectivity index (χ0) is 12.0. The lowest BCUT2D eigenvalue weighted by molar-refractivity contribution is -0.674. The number of hydrogen-bond donors (Lipinski definition) is 0. The molecule has 0 saturated heterocycles. The summed E-state index contributed by atoms with van der Waals surface area (Å²) in [5.41, 5.74) is 0. The number of nitrogens with zero attached hydrogens (tertiary/aromatic N) is 3. The minimum atomic E-state index is -0.177. The van der Waals surface area contributed by atoms with Gasteiger partial charge in [0, 0.05) is 0 Å². The van der Waals surface area contributed by atoms with E-state index in [2.05, 4.69) is 18.5 Å². The Morgan fingerprint density at radius 2 is 2.44 bits per heavy atom. The molecule has 0 aromatic carbocycles. The Kier molecular flexibility index (Phi) is 4.76. The fraction of sp³-hybridized carbons (Fsp3) is 0.500. The Morgan fingerprint density at radius 3 is 3.06 bits per heavy atom. The minimum Gasteiger partial charge on any atom is -0.853 e. The fourth-order valence-corrected chi connectivity index (χ4v) is 1.53. The maximum Gasteiger partial charge on any atom is 0.291 e. The van der Waals surface area contributed by atoms with E-state index in [0.29, 0.717) is 12.4 Å². The van der Waals surface area contributed by atoms with Gasteiger partial charge in [-0.25, -0.2) is 9.13 Å². The second-order valence-electron chi connectivity index (χ2n) is 3.71. The van der Waals surface area contributed by atoms with Crippen molar-refractivity contribution in [2.24, 2.45) is 12.0 Å². The first-order chi connectivity index (χ1) is 7.70. The van der Waals surface area contributed by atoms with Crippen molar-refractivity contribution < 1.29 is 9.67 Å². The summed E-state index contributed by atoms with van der Waals surface area (Å²) in [4.78, 5) is 3.92. The van der Waals surface area contributed by atoms with Crippen molar-refractivity contribution in [2.75, 3.05) is 6.54 Å². The van der Waals surface area contributed by atoms with Gasteiger partial charge in [-0.2, -0.15) is 0 Å². The Balaban J connectivity index is 2.91. The number of imidazole rings is 1. The van der Waals surface area contributed by atoms with Crippen molar-refractivity contribution in [3.05, 3.63) is 30.9 Å². The molecule has 0 amide bonds. The van der Waals surface area contributed by atoms with Crippen molar-refractivity contribution >= 4 is 5.90 Å². The summed E-state index contributed by atoms with van der Waals surface area (Å²) in [6.45, 7) is 6.92. The van der Waals surface area contributed by atoms with E-state index in [1.54, 1.807) is 6.08 Å². The topological polar surface area (TPSA) is 44.2 Å². The monoisotopic (exact) mass is 221 g/mol. The van der Waals surface area contributed by atoms with E-state index in [4.69, 9.17) is 0 Å². The average molecular weight is 221 g/mol. The third kappa shape index (κ3) is 2.95. The zero-order valence-electron chi connectivity index (χ0n) is 10.0. The molecule has 0 spiro atoms. The quantitative estimate of drug-likeness (QED) is 0.297. The van der Waals surface area contributed by atoms with Gasteiger partial charge in [0.15, 0.2) is 0 Å². The maximum absolute atomic E-state index is 11.8. The van der Waals surface area contributed by atoms with Gasteiger partial charge >= 0.3 is 0 Å². The molecule has 0 N–H and O–H groups in total. The molecule has 0 fully saturated rings.